The first kappa shape index (κ1) is 13.8. The molecule has 0 atom stereocenters. The fourth-order valence-electron chi connectivity index (χ4n) is 1.45. The Balaban J connectivity index is 2.83. The summed E-state index contributed by atoms with van der Waals surface area (Å²) in [7, 11) is 3.42. The highest BCUT2D eigenvalue weighted by Gasteiger charge is 2.12. The quantitative estimate of drug-likeness (QED) is 0.783. The van der Waals surface area contributed by atoms with E-state index in [1.165, 1.54) is 0 Å². The summed E-state index contributed by atoms with van der Waals surface area (Å²) in [6, 6.07) is 5.64. The Kier molecular flexibility index (Phi) is 5.28. The summed E-state index contributed by atoms with van der Waals surface area (Å²) in [5, 5.41) is 0. The van der Waals surface area contributed by atoms with Crippen molar-refractivity contribution >= 4 is 27.6 Å². The smallest absolute Gasteiger partial charge is 0.325 e. The van der Waals surface area contributed by atoms with E-state index in [-0.39, 0.29) is 12.5 Å². The van der Waals surface area contributed by atoms with Crippen molar-refractivity contribution in [1.29, 1.82) is 0 Å². The van der Waals surface area contributed by atoms with Crippen molar-refractivity contribution in [2.75, 3.05) is 32.2 Å². The van der Waals surface area contributed by atoms with Gasteiger partial charge in [-0.25, -0.2) is 0 Å². The molecule has 1 aromatic rings. The lowest BCUT2D eigenvalue weighted by Crippen LogP contribution is -2.27. The third-order valence-electron chi connectivity index (χ3n) is 2.22. The van der Waals surface area contributed by atoms with Crippen LogP contribution >= 0.6 is 15.9 Å². The van der Waals surface area contributed by atoms with Crippen LogP contribution in [0.5, 0.6) is 5.75 Å². The number of esters is 1. The van der Waals surface area contributed by atoms with Gasteiger partial charge in [-0.15, -0.1) is 0 Å². The molecule has 0 saturated carbocycles. The zero-order chi connectivity index (χ0) is 12.8. The lowest BCUT2D eigenvalue weighted by molar-refractivity contribution is -0.141. The van der Waals surface area contributed by atoms with Crippen LogP contribution < -0.4 is 9.64 Å². The standard InChI is InChI=1S/C12H16BrNO3/c1-4-17-12(15)8-14(2)10-7-9(13)5-6-11(10)16-3/h5-7H,4,8H2,1-3H3. The van der Waals surface area contributed by atoms with Gasteiger partial charge in [-0.3, -0.25) is 4.79 Å². The molecule has 0 spiro atoms. The minimum atomic E-state index is -0.253. The largest absolute Gasteiger partial charge is 0.495 e. The Morgan fingerprint density at radius 3 is 2.76 bits per heavy atom. The molecule has 0 fully saturated rings. The molecule has 0 bridgehead atoms. The molecule has 17 heavy (non-hydrogen) atoms. The van der Waals surface area contributed by atoms with Crippen LogP contribution in [-0.4, -0.2) is 33.3 Å². The predicted molar refractivity (Wildman–Crippen MR) is 70.6 cm³/mol. The third kappa shape index (κ3) is 3.93. The maximum absolute atomic E-state index is 11.4. The molecule has 0 radical (unpaired) electrons. The van der Waals surface area contributed by atoms with E-state index < -0.39 is 0 Å². The molecular weight excluding hydrogens is 286 g/mol. The second kappa shape index (κ2) is 6.49. The Morgan fingerprint density at radius 1 is 1.47 bits per heavy atom. The Morgan fingerprint density at radius 2 is 2.18 bits per heavy atom. The van der Waals surface area contributed by atoms with Gasteiger partial charge in [-0.2, -0.15) is 0 Å². The molecule has 0 amide bonds. The van der Waals surface area contributed by atoms with Crippen molar-refractivity contribution in [1.82, 2.24) is 0 Å². The topological polar surface area (TPSA) is 38.8 Å². The first-order valence-corrected chi connectivity index (χ1v) is 6.08. The van der Waals surface area contributed by atoms with Gasteiger partial charge in [0.15, 0.2) is 0 Å². The van der Waals surface area contributed by atoms with E-state index in [1.807, 2.05) is 25.2 Å². The molecule has 5 heteroatoms. The number of anilines is 1. The fraction of sp³-hybridized carbons (Fsp3) is 0.417. The van der Waals surface area contributed by atoms with Crippen LogP contribution in [0.1, 0.15) is 6.92 Å². The van der Waals surface area contributed by atoms with E-state index in [2.05, 4.69) is 15.9 Å². The number of methoxy groups -OCH3 is 1. The molecule has 0 aromatic heterocycles. The molecule has 0 aliphatic heterocycles. The molecule has 94 valence electrons. The predicted octanol–water partition coefficient (Wildman–Crippen LogP) is 2.46. The normalized spacial score (nSPS) is 9.88. The average molecular weight is 302 g/mol. The number of rotatable bonds is 5. The SMILES string of the molecule is CCOC(=O)CN(C)c1cc(Br)ccc1OC. The number of carbonyl (C=O) groups is 1. The van der Waals surface area contributed by atoms with Gasteiger partial charge in [-0.05, 0) is 25.1 Å². The van der Waals surface area contributed by atoms with Crippen LogP contribution in [0.2, 0.25) is 0 Å². The number of ether oxygens (including phenoxy) is 2. The van der Waals surface area contributed by atoms with E-state index in [4.69, 9.17) is 9.47 Å². The first-order valence-electron chi connectivity index (χ1n) is 5.28. The van der Waals surface area contributed by atoms with E-state index in [9.17, 15) is 4.79 Å². The van der Waals surface area contributed by atoms with Crippen molar-refractivity contribution in [3.05, 3.63) is 22.7 Å². The molecule has 4 nitrogen and oxygen atoms in total. The summed E-state index contributed by atoms with van der Waals surface area (Å²) in [6.45, 7) is 2.38. The second-order valence-electron chi connectivity index (χ2n) is 3.48. The van der Waals surface area contributed by atoms with Crippen molar-refractivity contribution < 1.29 is 14.3 Å². The summed E-state index contributed by atoms with van der Waals surface area (Å²) in [5.41, 5.74) is 0.843. The molecule has 0 N–H and O–H groups in total. The van der Waals surface area contributed by atoms with Crippen molar-refractivity contribution in [2.24, 2.45) is 0 Å². The molecule has 1 aromatic carbocycles. The maximum atomic E-state index is 11.4. The number of carbonyl (C=O) groups excluding carboxylic acids is 1. The molecule has 0 aliphatic carbocycles. The van der Waals surface area contributed by atoms with E-state index in [1.54, 1.807) is 18.9 Å². The highest BCUT2D eigenvalue weighted by Crippen LogP contribution is 2.30. The van der Waals surface area contributed by atoms with Crippen LogP contribution in [0.3, 0.4) is 0 Å². The summed E-state index contributed by atoms with van der Waals surface area (Å²) < 4.78 is 11.1. The van der Waals surface area contributed by atoms with Crippen LogP contribution in [-0.2, 0) is 9.53 Å². The van der Waals surface area contributed by atoms with E-state index in [0.717, 1.165) is 15.9 Å². The summed E-state index contributed by atoms with van der Waals surface area (Å²) >= 11 is 3.39. The highest BCUT2D eigenvalue weighted by molar-refractivity contribution is 9.10. The van der Waals surface area contributed by atoms with Gasteiger partial charge in [0.05, 0.1) is 19.4 Å². The van der Waals surface area contributed by atoms with E-state index in [0.29, 0.717) is 6.61 Å². The Bertz CT molecular complexity index is 395. The molecule has 0 aliphatic rings. The minimum absolute atomic E-state index is 0.195. The Labute approximate surface area is 110 Å². The minimum Gasteiger partial charge on any atom is -0.495 e. The monoisotopic (exact) mass is 301 g/mol. The Hall–Kier alpha value is -1.23. The molecule has 0 heterocycles. The van der Waals surface area contributed by atoms with Crippen LogP contribution in [0.15, 0.2) is 22.7 Å². The van der Waals surface area contributed by atoms with Crippen molar-refractivity contribution in [3.63, 3.8) is 0 Å². The zero-order valence-electron chi connectivity index (χ0n) is 10.2. The van der Waals surface area contributed by atoms with Crippen molar-refractivity contribution in [3.8, 4) is 5.75 Å². The van der Waals surface area contributed by atoms with Gasteiger partial charge >= 0.3 is 5.97 Å². The lowest BCUT2D eigenvalue weighted by atomic mass is 10.2. The van der Waals surface area contributed by atoms with Gasteiger partial charge in [0, 0.05) is 11.5 Å². The summed E-state index contributed by atoms with van der Waals surface area (Å²) in [6.07, 6.45) is 0. The number of nitrogens with zero attached hydrogens (tertiary/aromatic N) is 1. The number of hydrogen-bond acceptors (Lipinski definition) is 4. The second-order valence-corrected chi connectivity index (χ2v) is 4.39. The third-order valence-corrected chi connectivity index (χ3v) is 2.72. The molecule has 0 saturated heterocycles. The molecular formula is C12H16BrNO3. The lowest BCUT2D eigenvalue weighted by Gasteiger charge is -2.20. The number of halogens is 1. The average Bonchev–Trinajstić information content (AvgIpc) is 2.29. The summed E-state index contributed by atoms with van der Waals surface area (Å²) in [5.74, 6) is 0.469. The maximum Gasteiger partial charge on any atom is 0.325 e. The van der Waals surface area contributed by atoms with Crippen LogP contribution in [0, 0.1) is 0 Å². The molecule has 0 unspecified atom stereocenters. The van der Waals surface area contributed by atoms with E-state index >= 15 is 0 Å². The summed E-state index contributed by atoms with van der Waals surface area (Å²) in [4.78, 5) is 13.2. The van der Waals surface area contributed by atoms with Gasteiger partial charge in [0.25, 0.3) is 0 Å². The van der Waals surface area contributed by atoms with Crippen LogP contribution in [0.25, 0.3) is 0 Å². The number of likely N-dealkylation sites (N-methyl/N-ethyl adjacent to an activating group) is 1. The van der Waals surface area contributed by atoms with Gasteiger partial charge in [0.1, 0.15) is 12.3 Å². The van der Waals surface area contributed by atoms with Gasteiger partial charge in [0.2, 0.25) is 0 Å². The first-order chi connectivity index (χ1) is 8.08. The van der Waals surface area contributed by atoms with Gasteiger partial charge in [-0.1, -0.05) is 15.9 Å². The molecule has 1 rings (SSSR count). The number of benzene rings is 1. The zero-order valence-corrected chi connectivity index (χ0v) is 11.8. The number of hydrogen-bond donors (Lipinski definition) is 0. The fourth-order valence-corrected chi connectivity index (χ4v) is 1.80. The highest BCUT2D eigenvalue weighted by atomic mass is 79.9. The van der Waals surface area contributed by atoms with Crippen LogP contribution in [0.4, 0.5) is 5.69 Å². The van der Waals surface area contributed by atoms with Gasteiger partial charge < -0.3 is 14.4 Å². The van der Waals surface area contributed by atoms with Crippen molar-refractivity contribution in [2.45, 2.75) is 6.92 Å².